The van der Waals surface area contributed by atoms with Crippen molar-refractivity contribution in [2.75, 3.05) is 5.32 Å². The predicted molar refractivity (Wildman–Crippen MR) is 93.8 cm³/mol. The molecule has 0 saturated heterocycles. The van der Waals surface area contributed by atoms with Gasteiger partial charge in [0, 0.05) is 12.1 Å². The molecule has 0 aliphatic rings. The first-order valence-electron chi connectivity index (χ1n) is 8.00. The molecular weight excluding hydrogens is 324 g/mol. The van der Waals surface area contributed by atoms with E-state index in [1.54, 1.807) is 26.0 Å². The van der Waals surface area contributed by atoms with Gasteiger partial charge in [0.15, 0.2) is 0 Å². The molecular formula is C17H22N4O4. The Morgan fingerprint density at radius 1 is 1.40 bits per heavy atom. The van der Waals surface area contributed by atoms with Gasteiger partial charge in [-0.1, -0.05) is 13.8 Å². The molecule has 0 unspecified atom stereocenters. The van der Waals surface area contributed by atoms with E-state index in [1.807, 2.05) is 13.8 Å². The number of aryl methyl sites for hydroxylation is 2. The van der Waals surface area contributed by atoms with Gasteiger partial charge < -0.3 is 10.4 Å². The quantitative estimate of drug-likeness (QED) is 0.474. The van der Waals surface area contributed by atoms with Crippen LogP contribution in [0.3, 0.4) is 0 Å². The van der Waals surface area contributed by atoms with Crippen LogP contribution in [0.5, 0.6) is 5.75 Å². The minimum atomic E-state index is -0.494. The maximum Gasteiger partial charge on any atom is 0.309 e. The fraction of sp³-hybridized carbons (Fsp3) is 0.412. The third kappa shape index (κ3) is 4.14. The summed E-state index contributed by atoms with van der Waals surface area (Å²) in [5.74, 6) is 0.120. The average Bonchev–Trinajstić information content (AvgIpc) is 2.88. The molecule has 8 nitrogen and oxygen atoms in total. The summed E-state index contributed by atoms with van der Waals surface area (Å²) in [6.45, 7) is 7.58. The van der Waals surface area contributed by atoms with E-state index in [9.17, 15) is 20.0 Å². The summed E-state index contributed by atoms with van der Waals surface area (Å²) in [5, 5.41) is 27.6. The van der Waals surface area contributed by atoms with Crippen LogP contribution in [0.15, 0.2) is 18.3 Å². The van der Waals surface area contributed by atoms with Crippen LogP contribution in [0.4, 0.5) is 11.4 Å². The van der Waals surface area contributed by atoms with Crippen molar-refractivity contribution < 1.29 is 14.8 Å². The number of phenolic OH excluding ortho intramolecular Hbond substituents is 1. The number of aromatic hydroxyl groups is 1. The third-order valence-corrected chi connectivity index (χ3v) is 4.09. The van der Waals surface area contributed by atoms with E-state index >= 15 is 0 Å². The maximum atomic E-state index is 12.2. The Kier molecular flexibility index (Phi) is 5.41. The van der Waals surface area contributed by atoms with Gasteiger partial charge in [0.2, 0.25) is 5.91 Å². The van der Waals surface area contributed by atoms with E-state index in [0.717, 1.165) is 11.1 Å². The number of carbonyl (C=O) groups is 1. The number of nitrogens with zero attached hydrogens (tertiary/aromatic N) is 3. The molecule has 1 amide bonds. The molecule has 0 bridgehead atoms. The van der Waals surface area contributed by atoms with Gasteiger partial charge in [0.25, 0.3) is 0 Å². The van der Waals surface area contributed by atoms with Crippen LogP contribution in [0.25, 0.3) is 0 Å². The van der Waals surface area contributed by atoms with E-state index in [0.29, 0.717) is 11.4 Å². The molecule has 0 atom stereocenters. The SMILES string of the molecule is Cc1cc(O)c(C(C)C)cc1NC(=O)CCn1ncc([N+](=O)[O-])c1C. The number of phenols is 1. The third-order valence-electron chi connectivity index (χ3n) is 4.09. The zero-order chi connectivity index (χ0) is 18.7. The second-order valence-corrected chi connectivity index (χ2v) is 6.27. The first-order valence-corrected chi connectivity index (χ1v) is 8.00. The summed E-state index contributed by atoms with van der Waals surface area (Å²) in [6, 6.07) is 3.41. The van der Waals surface area contributed by atoms with Gasteiger partial charge in [-0.3, -0.25) is 19.6 Å². The van der Waals surface area contributed by atoms with Gasteiger partial charge in [0.1, 0.15) is 17.6 Å². The zero-order valence-electron chi connectivity index (χ0n) is 14.7. The van der Waals surface area contributed by atoms with E-state index in [-0.39, 0.29) is 36.2 Å². The Bertz CT molecular complexity index is 811. The number of benzene rings is 1. The standard InChI is InChI=1S/C17H22N4O4/c1-10(2)13-8-14(11(3)7-16(13)22)19-17(23)5-6-20-12(4)15(9-18-20)21(24)25/h7-10,22H,5-6H2,1-4H3,(H,19,23). The van der Waals surface area contributed by atoms with Gasteiger partial charge in [-0.2, -0.15) is 5.10 Å². The van der Waals surface area contributed by atoms with Crippen molar-refractivity contribution in [1.29, 1.82) is 0 Å². The molecule has 0 radical (unpaired) electrons. The molecule has 2 aromatic rings. The summed E-state index contributed by atoms with van der Waals surface area (Å²) in [4.78, 5) is 22.5. The zero-order valence-corrected chi connectivity index (χ0v) is 14.7. The van der Waals surface area contributed by atoms with Crippen molar-refractivity contribution >= 4 is 17.3 Å². The van der Waals surface area contributed by atoms with E-state index in [1.165, 1.54) is 10.9 Å². The van der Waals surface area contributed by atoms with Crippen LogP contribution in [-0.2, 0) is 11.3 Å². The lowest BCUT2D eigenvalue weighted by molar-refractivity contribution is -0.385. The minimum absolute atomic E-state index is 0.0589. The molecule has 0 spiro atoms. The average molecular weight is 346 g/mol. The number of anilines is 1. The van der Waals surface area contributed by atoms with Gasteiger partial charge in [-0.15, -0.1) is 0 Å². The molecule has 0 aliphatic carbocycles. The Labute approximate surface area is 145 Å². The Morgan fingerprint density at radius 3 is 2.64 bits per heavy atom. The van der Waals surface area contributed by atoms with Crippen LogP contribution in [0.1, 0.15) is 43.0 Å². The summed E-state index contributed by atoms with van der Waals surface area (Å²) >= 11 is 0. The predicted octanol–water partition coefficient (Wildman–Crippen LogP) is 3.27. The van der Waals surface area contributed by atoms with E-state index in [4.69, 9.17) is 0 Å². The number of amides is 1. The molecule has 8 heteroatoms. The number of aromatic nitrogens is 2. The largest absolute Gasteiger partial charge is 0.508 e. The fourth-order valence-electron chi connectivity index (χ4n) is 2.57. The number of nitrogens with one attached hydrogen (secondary N) is 1. The molecule has 134 valence electrons. The normalized spacial score (nSPS) is 10.9. The van der Waals surface area contributed by atoms with Crippen LogP contribution in [-0.4, -0.2) is 25.7 Å². The lowest BCUT2D eigenvalue weighted by Gasteiger charge is -2.14. The van der Waals surface area contributed by atoms with Crippen molar-refractivity contribution in [3.8, 4) is 5.75 Å². The highest BCUT2D eigenvalue weighted by molar-refractivity contribution is 5.91. The van der Waals surface area contributed by atoms with Gasteiger partial charge in [0.05, 0.1) is 11.5 Å². The molecule has 0 aliphatic heterocycles. The second-order valence-electron chi connectivity index (χ2n) is 6.27. The molecule has 25 heavy (non-hydrogen) atoms. The summed E-state index contributed by atoms with van der Waals surface area (Å²) in [5.41, 5.74) is 2.53. The highest BCUT2D eigenvalue weighted by Crippen LogP contribution is 2.31. The summed E-state index contributed by atoms with van der Waals surface area (Å²) in [7, 11) is 0. The van der Waals surface area contributed by atoms with E-state index in [2.05, 4.69) is 10.4 Å². The Hall–Kier alpha value is -2.90. The van der Waals surface area contributed by atoms with Gasteiger partial charge in [-0.05, 0) is 43.0 Å². The molecule has 0 saturated carbocycles. The fourth-order valence-corrected chi connectivity index (χ4v) is 2.57. The summed E-state index contributed by atoms with van der Waals surface area (Å²) in [6.07, 6.45) is 1.32. The van der Waals surface area contributed by atoms with Gasteiger partial charge in [-0.25, -0.2) is 0 Å². The maximum absolute atomic E-state index is 12.2. The first kappa shape index (κ1) is 18.4. The van der Waals surface area contributed by atoms with Crippen LogP contribution < -0.4 is 5.32 Å². The monoisotopic (exact) mass is 346 g/mol. The van der Waals surface area contributed by atoms with Crippen molar-refractivity contribution in [2.45, 2.75) is 46.6 Å². The Balaban J connectivity index is 2.06. The molecule has 2 N–H and O–H groups in total. The molecule has 1 aromatic heterocycles. The topological polar surface area (TPSA) is 110 Å². The highest BCUT2D eigenvalue weighted by Gasteiger charge is 2.17. The van der Waals surface area contributed by atoms with Crippen LogP contribution >= 0.6 is 0 Å². The first-order chi connectivity index (χ1) is 11.7. The van der Waals surface area contributed by atoms with Crippen molar-refractivity contribution in [2.24, 2.45) is 0 Å². The van der Waals surface area contributed by atoms with E-state index < -0.39 is 4.92 Å². The number of hydrogen-bond donors (Lipinski definition) is 2. The molecule has 2 rings (SSSR count). The smallest absolute Gasteiger partial charge is 0.309 e. The highest BCUT2D eigenvalue weighted by atomic mass is 16.6. The summed E-state index contributed by atoms with van der Waals surface area (Å²) < 4.78 is 1.45. The number of rotatable bonds is 6. The van der Waals surface area contributed by atoms with Crippen LogP contribution in [0.2, 0.25) is 0 Å². The molecule has 0 fully saturated rings. The lowest BCUT2D eigenvalue weighted by atomic mass is 9.99. The van der Waals surface area contributed by atoms with Crippen molar-refractivity contribution in [3.63, 3.8) is 0 Å². The Morgan fingerprint density at radius 2 is 2.08 bits per heavy atom. The minimum Gasteiger partial charge on any atom is -0.508 e. The second kappa shape index (κ2) is 7.33. The van der Waals surface area contributed by atoms with Gasteiger partial charge >= 0.3 is 5.69 Å². The van der Waals surface area contributed by atoms with Crippen molar-refractivity contribution in [1.82, 2.24) is 9.78 Å². The lowest BCUT2D eigenvalue weighted by Crippen LogP contribution is -2.16. The van der Waals surface area contributed by atoms with Crippen molar-refractivity contribution in [3.05, 3.63) is 45.3 Å². The number of hydrogen-bond acceptors (Lipinski definition) is 5. The van der Waals surface area contributed by atoms with Crippen LogP contribution in [0, 0.1) is 24.0 Å². The molecule has 1 heterocycles. The number of carbonyl (C=O) groups excluding carboxylic acids is 1. The molecule has 1 aromatic carbocycles. The number of nitro groups is 1.